The van der Waals surface area contributed by atoms with E-state index in [1.54, 1.807) is 4.68 Å². The van der Waals surface area contributed by atoms with Gasteiger partial charge in [-0.15, -0.1) is 11.6 Å². The molecule has 108 valence electrons. The Balaban J connectivity index is 2.64. The van der Waals surface area contributed by atoms with Gasteiger partial charge in [0.15, 0.2) is 5.82 Å². The quantitative estimate of drug-likeness (QED) is 0.760. The maximum atomic E-state index is 6.21. The van der Waals surface area contributed by atoms with Crippen LogP contribution in [0.1, 0.15) is 43.4 Å². The predicted octanol–water partition coefficient (Wildman–Crippen LogP) is 4.57. The van der Waals surface area contributed by atoms with E-state index in [9.17, 15) is 0 Å². The summed E-state index contributed by atoms with van der Waals surface area (Å²) in [6, 6.07) is 4.00. The van der Waals surface area contributed by atoms with Gasteiger partial charge in [0, 0.05) is 17.0 Å². The van der Waals surface area contributed by atoms with Crippen molar-refractivity contribution in [2.45, 2.75) is 45.9 Å². The third-order valence-corrected chi connectivity index (χ3v) is 4.07. The molecule has 2 rings (SSSR count). The Labute approximate surface area is 129 Å². The molecule has 3 nitrogen and oxygen atoms in total. The van der Waals surface area contributed by atoms with Gasteiger partial charge in [-0.3, -0.25) is 0 Å². The zero-order chi connectivity index (χ0) is 15.1. The van der Waals surface area contributed by atoms with E-state index in [-0.39, 0.29) is 5.41 Å². The Kier molecular flexibility index (Phi) is 4.12. The molecule has 0 radical (unpaired) electrons. The molecule has 0 saturated heterocycles. The summed E-state index contributed by atoms with van der Waals surface area (Å²) in [5.74, 6) is 1.21. The molecule has 0 aliphatic heterocycles. The van der Waals surface area contributed by atoms with Gasteiger partial charge in [-0.2, -0.15) is 5.10 Å². The number of nitrogens with zero attached hydrogens (tertiary/aromatic N) is 3. The maximum absolute atomic E-state index is 6.21. The Morgan fingerprint density at radius 2 is 1.85 bits per heavy atom. The summed E-state index contributed by atoms with van der Waals surface area (Å²) < 4.78 is 1.78. The van der Waals surface area contributed by atoms with Crippen LogP contribution < -0.4 is 0 Å². The van der Waals surface area contributed by atoms with Crippen LogP contribution in [-0.4, -0.2) is 14.8 Å². The van der Waals surface area contributed by atoms with Crippen LogP contribution in [0.15, 0.2) is 12.1 Å². The second-order valence-corrected chi connectivity index (χ2v) is 6.64. The van der Waals surface area contributed by atoms with Crippen LogP contribution in [0.25, 0.3) is 5.82 Å². The van der Waals surface area contributed by atoms with Gasteiger partial charge in [0.2, 0.25) is 0 Å². The van der Waals surface area contributed by atoms with Gasteiger partial charge in [-0.25, -0.2) is 9.67 Å². The molecule has 0 amide bonds. The van der Waals surface area contributed by atoms with Crippen LogP contribution in [-0.2, 0) is 11.3 Å². The SMILES string of the molecule is Cc1nn(-c2cc(CCl)cc(C(C)(C)C)n2)c(C)c1Cl. The third-order valence-electron chi connectivity index (χ3n) is 3.21. The lowest BCUT2D eigenvalue weighted by Crippen LogP contribution is -2.16. The van der Waals surface area contributed by atoms with E-state index in [1.165, 1.54) is 0 Å². The van der Waals surface area contributed by atoms with Gasteiger partial charge in [0.05, 0.1) is 16.4 Å². The molecular formula is C15H19Cl2N3. The number of hydrogen-bond acceptors (Lipinski definition) is 2. The fraction of sp³-hybridized carbons (Fsp3) is 0.467. The fourth-order valence-electron chi connectivity index (χ4n) is 1.99. The molecule has 0 unspecified atom stereocenters. The Bertz CT molecular complexity index is 639. The molecule has 0 aliphatic rings. The summed E-state index contributed by atoms with van der Waals surface area (Å²) in [5, 5.41) is 5.14. The molecule has 0 aliphatic carbocycles. The van der Waals surface area contributed by atoms with Gasteiger partial charge in [0.1, 0.15) is 0 Å². The minimum Gasteiger partial charge on any atom is -0.233 e. The van der Waals surface area contributed by atoms with Crippen molar-refractivity contribution in [1.29, 1.82) is 0 Å². The summed E-state index contributed by atoms with van der Waals surface area (Å²) in [7, 11) is 0. The van der Waals surface area contributed by atoms with Crippen LogP contribution in [0.5, 0.6) is 0 Å². The summed E-state index contributed by atoms with van der Waals surface area (Å²) in [4.78, 5) is 4.72. The average Bonchev–Trinajstić information content (AvgIpc) is 2.65. The average molecular weight is 312 g/mol. The van der Waals surface area contributed by atoms with Gasteiger partial charge < -0.3 is 0 Å². The van der Waals surface area contributed by atoms with Gasteiger partial charge in [-0.05, 0) is 31.5 Å². The van der Waals surface area contributed by atoms with Crippen molar-refractivity contribution in [3.05, 3.63) is 39.8 Å². The zero-order valence-corrected chi connectivity index (χ0v) is 14.0. The lowest BCUT2D eigenvalue weighted by molar-refractivity contribution is 0.564. The summed E-state index contributed by atoms with van der Waals surface area (Å²) >= 11 is 12.2. The minimum absolute atomic E-state index is 0.0449. The van der Waals surface area contributed by atoms with E-state index >= 15 is 0 Å². The Morgan fingerprint density at radius 1 is 1.20 bits per heavy atom. The molecule has 0 fully saturated rings. The largest absolute Gasteiger partial charge is 0.233 e. The number of aryl methyl sites for hydroxylation is 1. The number of halogens is 2. The topological polar surface area (TPSA) is 30.7 Å². The summed E-state index contributed by atoms with van der Waals surface area (Å²) in [6.07, 6.45) is 0. The molecule has 0 spiro atoms. The van der Waals surface area contributed by atoms with E-state index in [0.29, 0.717) is 10.9 Å². The van der Waals surface area contributed by atoms with Gasteiger partial charge >= 0.3 is 0 Å². The molecule has 5 heteroatoms. The van der Waals surface area contributed by atoms with Crippen LogP contribution in [0.3, 0.4) is 0 Å². The number of aromatic nitrogens is 3. The lowest BCUT2D eigenvalue weighted by Gasteiger charge is -2.19. The van der Waals surface area contributed by atoms with Crippen LogP contribution in [0.2, 0.25) is 5.02 Å². The van der Waals surface area contributed by atoms with Gasteiger partial charge in [0.25, 0.3) is 0 Å². The number of rotatable bonds is 2. The maximum Gasteiger partial charge on any atom is 0.154 e. The van der Waals surface area contributed by atoms with E-state index in [4.69, 9.17) is 28.2 Å². The van der Waals surface area contributed by atoms with E-state index in [2.05, 4.69) is 25.9 Å². The van der Waals surface area contributed by atoms with Crippen molar-refractivity contribution in [3.63, 3.8) is 0 Å². The number of alkyl halides is 1. The lowest BCUT2D eigenvalue weighted by atomic mass is 9.91. The van der Waals surface area contributed by atoms with Crippen LogP contribution in [0, 0.1) is 13.8 Å². The van der Waals surface area contributed by atoms with Crippen LogP contribution in [0.4, 0.5) is 0 Å². The van der Waals surface area contributed by atoms with Crippen molar-refractivity contribution in [2.75, 3.05) is 0 Å². The highest BCUT2D eigenvalue weighted by molar-refractivity contribution is 6.31. The number of hydrogen-bond donors (Lipinski definition) is 0. The molecule has 2 heterocycles. The van der Waals surface area contributed by atoms with E-state index in [1.807, 2.05) is 26.0 Å². The Hall–Kier alpha value is -1.06. The first kappa shape index (κ1) is 15.3. The smallest absolute Gasteiger partial charge is 0.154 e. The fourth-order valence-corrected chi connectivity index (χ4v) is 2.26. The highest BCUT2D eigenvalue weighted by Crippen LogP contribution is 2.26. The standard InChI is InChI=1S/C15H19Cl2N3/c1-9-14(17)10(2)20(19-9)13-7-11(8-16)6-12(18-13)15(3,4)5/h6-7H,8H2,1-5H3. The highest BCUT2D eigenvalue weighted by Gasteiger charge is 2.19. The monoisotopic (exact) mass is 311 g/mol. The Morgan fingerprint density at radius 3 is 2.30 bits per heavy atom. The second kappa shape index (κ2) is 5.38. The molecule has 2 aromatic heterocycles. The molecule has 20 heavy (non-hydrogen) atoms. The van der Waals surface area contributed by atoms with E-state index in [0.717, 1.165) is 28.5 Å². The predicted molar refractivity (Wildman–Crippen MR) is 84.1 cm³/mol. The molecule has 0 N–H and O–H groups in total. The van der Waals surface area contributed by atoms with Crippen molar-refractivity contribution in [2.24, 2.45) is 0 Å². The summed E-state index contributed by atoms with van der Waals surface area (Å²) in [5.41, 5.74) is 3.68. The third kappa shape index (κ3) is 2.84. The summed E-state index contributed by atoms with van der Waals surface area (Å²) in [6.45, 7) is 10.2. The first-order valence-corrected chi connectivity index (χ1v) is 7.45. The van der Waals surface area contributed by atoms with Crippen LogP contribution >= 0.6 is 23.2 Å². The zero-order valence-electron chi connectivity index (χ0n) is 12.5. The van der Waals surface area contributed by atoms with Crippen molar-refractivity contribution in [3.8, 4) is 5.82 Å². The van der Waals surface area contributed by atoms with E-state index < -0.39 is 0 Å². The molecule has 0 atom stereocenters. The first-order valence-electron chi connectivity index (χ1n) is 6.53. The molecule has 2 aromatic rings. The van der Waals surface area contributed by atoms with Gasteiger partial charge in [-0.1, -0.05) is 32.4 Å². The molecular weight excluding hydrogens is 293 g/mol. The first-order chi connectivity index (χ1) is 9.24. The molecule has 0 bridgehead atoms. The van der Waals surface area contributed by atoms with Crippen molar-refractivity contribution >= 4 is 23.2 Å². The minimum atomic E-state index is -0.0449. The normalized spacial score (nSPS) is 11.9. The molecule has 0 saturated carbocycles. The molecule has 0 aromatic carbocycles. The van der Waals surface area contributed by atoms with Crippen molar-refractivity contribution in [1.82, 2.24) is 14.8 Å². The highest BCUT2D eigenvalue weighted by atomic mass is 35.5. The van der Waals surface area contributed by atoms with Crippen molar-refractivity contribution < 1.29 is 0 Å². The second-order valence-electron chi connectivity index (χ2n) is 6.00. The number of pyridine rings is 1.